The Kier molecular flexibility index (Phi) is 5.30. The largest absolute Gasteiger partial charge is 0.477 e. The standard InChI is InChI=1S/C26H25FN2O6/c1-26(2,3)35-20(30)10-14-8-9-28(12-14)22-17(27)11-15-21-24(22)34-19-7-5-4-6-18(19)29(21)13-16(23(15)31)25(32)33/h4-7,11,13-14H,8-10,12H2,1-3H3,(H,32,33). The molecule has 2 aromatic carbocycles. The summed E-state index contributed by atoms with van der Waals surface area (Å²) in [6.07, 6.45) is 2.14. The second-order valence-electron chi connectivity index (χ2n) is 9.94. The van der Waals surface area contributed by atoms with Crippen LogP contribution in [-0.4, -0.2) is 40.3 Å². The fourth-order valence-electron chi connectivity index (χ4n) is 4.82. The molecule has 0 amide bonds. The van der Waals surface area contributed by atoms with Crippen LogP contribution in [0.3, 0.4) is 0 Å². The SMILES string of the molecule is CC(C)(C)OC(=O)CC1CCN(c2c(F)cc3c(=O)c(C(=O)O)cn4c3c2Oc2ccccc2-4)C1. The number of fused-ring (bicyclic) bond motifs is 2. The zero-order valence-corrected chi connectivity index (χ0v) is 19.6. The molecule has 0 saturated carbocycles. The summed E-state index contributed by atoms with van der Waals surface area (Å²) in [7, 11) is 0. The summed E-state index contributed by atoms with van der Waals surface area (Å²) in [5.41, 5.74) is -0.757. The minimum atomic E-state index is -1.39. The second kappa shape index (κ2) is 8.11. The fraction of sp³-hybridized carbons (Fsp3) is 0.346. The average molecular weight is 480 g/mol. The van der Waals surface area contributed by atoms with Crippen LogP contribution in [0.15, 0.2) is 41.3 Å². The number of rotatable bonds is 4. The van der Waals surface area contributed by atoms with Gasteiger partial charge in [0.15, 0.2) is 17.3 Å². The highest BCUT2D eigenvalue weighted by molar-refractivity contribution is 5.99. The maximum absolute atomic E-state index is 15.6. The number of carbonyl (C=O) groups excluding carboxylic acids is 1. The normalized spacial score (nSPS) is 16.7. The first-order valence-electron chi connectivity index (χ1n) is 11.4. The molecule has 2 aliphatic heterocycles. The van der Waals surface area contributed by atoms with E-state index < -0.39 is 28.4 Å². The number of esters is 1. The molecule has 35 heavy (non-hydrogen) atoms. The maximum atomic E-state index is 15.6. The Labute approximate surface area is 200 Å². The van der Waals surface area contributed by atoms with Gasteiger partial charge in [0.25, 0.3) is 0 Å². The summed E-state index contributed by atoms with van der Waals surface area (Å²) in [6.45, 7) is 6.34. The third-order valence-corrected chi connectivity index (χ3v) is 6.22. The van der Waals surface area contributed by atoms with E-state index in [1.165, 1.54) is 6.20 Å². The molecule has 1 fully saturated rings. The van der Waals surface area contributed by atoms with Gasteiger partial charge in [-0.15, -0.1) is 0 Å². The van der Waals surface area contributed by atoms with Crippen molar-refractivity contribution < 1.29 is 28.6 Å². The monoisotopic (exact) mass is 480 g/mol. The molecule has 2 aliphatic rings. The molecular weight excluding hydrogens is 455 g/mol. The fourth-order valence-corrected chi connectivity index (χ4v) is 4.82. The highest BCUT2D eigenvalue weighted by Crippen LogP contribution is 2.47. The summed E-state index contributed by atoms with van der Waals surface area (Å²) in [5, 5.41) is 9.49. The van der Waals surface area contributed by atoms with Crippen molar-refractivity contribution in [1.82, 2.24) is 4.57 Å². The van der Waals surface area contributed by atoms with Gasteiger partial charge in [0.2, 0.25) is 5.43 Å². The van der Waals surface area contributed by atoms with Crippen molar-refractivity contribution in [2.45, 2.75) is 39.2 Å². The number of pyridine rings is 1. The molecule has 0 spiro atoms. The van der Waals surface area contributed by atoms with Gasteiger partial charge in [-0.1, -0.05) is 12.1 Å². The van der Waals surface area contributed by atoms with Crippen molar-refractivity contribution >= 4 is 28.5 Å². The lowest BCUT2D eigenvalue weighted by molar-refractivity contribution is -0.155. The Morgan fingerprint density at radius 1 is 1.26 bits per heavy atom. The maximum Gasteiger partial charge on any atom is 0.341 e. The van der Waals surface area contributed by atoms with Gasteiger partial charge in [-0.3, -0.25) is 9.59 Å². The lowest BCUT2D eigenvalue weighted by atomic mass is 10.0. The molecule has 5 rings (SSSR count). The Morgan fingerprint density at radius 3 is 2.71 bits per heavy atom. The van der Waals surface area contributed by atoms with Crippen molar-refractivity contribution in [2.24, 2.45) is 5.92 Å². The van der Waals surface area contributed by atoms with Gasteiger partial charge in [0.1, 0.15) is 22.4 Å². The van der Waals surface area contributed by atoms with E-state index in [1.54, 1.807) is 28.8 Å². The van der Waals surface area contributed by atoms with Crippen LogP contribution in [0.2, 0.25) is 0 Å². The zero-order valence-electron chi connectivity index (χ0n) is 19.6. The lowest BCUT2D eigenvalue weighted by Crippen LogP contribution is -2.27. The number of anilines is 1. The number of benzene rings is 2. The minimum absolute atomic E-state index is 0.0281. The first kappa shape index (κ1) is 22.9. The van der Waals surface area contributed by atoms with Crippen molar-refractivity contribution in [3.8, 4) is 17.2 Å². The van der Waals surface area contributed by atoms with Gasteiger partial charge < -0.3 is 24.0 Å². The van der Waals surface area contributed by atoms with Crippen molar-refractivity contribution in [2.75, 3.05) is 18.0 Å². The Balaban J connectivity index is 1.60. The zero-order chi connectivity index (χ0) is 25.1. The van der Waals surface area contributed by atoms with E-state index in [1.807, 2.05) is 25.7 Å². The van der Waals surface area contributed by atoms with Gasteiger partial charge in [-0.25, -0.2) is 9.18 Å². The molecule has 1 N–H and O–H groups in total. The topological polar surface area (TPSA) is 98.1 Å². The van der Waals surface area contributed by atoms with Gasteiger partial charge in [-0.2, -0.15) is 0 Å². The predicted octanol–water partition coefficient (Wildman–Crippen LogP) is 4.49. The second-order valence-corrected chi connectivity index (χ2v) is 9.94. The molecule has 0 radical (unpaired) electrons. The highest BCUT2D eigenvalue weighted by atomic mass is 19.1. The van der Waals surface area contributed by atoms with Crippen LogP contribution in [0.25, 0.3) is 16.6 Å². The van der Waals surface area contributed by atoms with Crippen molar-refractivity contribution in [3.05, 3.63) is 58.1 Å². The number of carboxylic acids is 1. The molecule has 3 heterocycles. The Bertz CT molecular complexity index is 1440. The number of carboxylic acid groups (broad SMARTS) is 1. The number of para-hydroxylation sites is 2. The quantitative estimate of drug-likeness (QED) is 0.430. The van der Waals surface area contributed by atoms with Gasteiger partial charge in [-0.05, 0) is 51.3 Å². The molecule has 1 aromatic heterocycles. The number of carbonyl (C=O) groups is 2. The third kappa shape index (κ3) is 4.00. The number of aromatic nitrogens is 1. The molecule has 9 heteroatoms. The van der Waals surface area contributed by atoms with Crippen molar-refractivity contribution in [3.63, 3.8) is 0 Å². The number of hydrogen-bond acceptors (Lipinski definition) is 6. The number of halogens is 1. The van der Waals surface area contributed by atoms with Gasteiger partial charge >= 0.3 is 11.9 Å². The van der Waals surface area contributed by atoms with Crippen LogP contribution >= 0.6 is 0 Å². The Morgan fingerprint density at radius 2 is 2.00 bits per heavy atom. The van der Waals surface area contributed by atoms with Crippen LogP contribution in [0, 0.1) is 11.7 Å². The van der Waals surface area contributed by atoms with Gasteiger partial charge in [0.05, 0.1) is 17.5 Å². The summed E-state index contributed by atoms with van der Waals surface area (Å²) >= 11 is 0. The van der Waals surface area contributed by atoms with E-state index in [-0.39, 0.29) is 35.1 Å². The van der Waals surface area contributed by atoms with Crippen molar-refractivity contribution in [1.29, 1.82) is 0 Å². The van der Waals surface area contributed by atoms with E-state index in [2.05, 4.69) is 0 Å². The van der Waals surface area contributed by atoms with Crippen LogP contribution in [0.5, 0.6) is 11.5 Å². The molecule has 182 valence electrons. The van der Waals surface area contributed by atoms with Crippen LogP contribution < -0.4 is 15.1 Å². The van der Waals surface area contributed by atoms with Crippen LogP contribution in [0.1, 0.15) is 44.0 Å². The first-order valence-corrected chi connectivity index (χ1v) is 11.4. The Hall–Kier alpha value is -3.88. The average Bonchev–Trinajstić information content (AvgIpc) is 3.21. The van der Waals surface area contributed by atoms with E-state index in [0.717, 1.165) is 6.07 Å². The number of nitrogens with zero attached hydrogens (tertiary/aromatic N) is 2. The molecule has 8 nitrogen and oxygen atoms in total. The molecule has 0 aliphatic carbocycles. The van der Waals surface area contributed by atoms with Crippen LogP contribution in [0.4, 0.5) is 10.1 Å². The van der Waals surface area contributed by atoms with Crippen LogP contribution in [-0.2, 0) is 9.53 Å². The smallest absolute Gasteiger partial charge is 0.341 e. The summed E-state index contributed by atoms with van der Waals surface area (Å²) < 4.78 is 28.7. The molecule has 3 aromatic rings. The van der Waals surface area contributed by atoms with E-state index in [9.17, 15) is 19.5 Å². The highest BCUT2D eigenvalue weighted by Gasteiger charge is 2.34. The molecule has 1 atom stereocenters. The third-order valence-electron chi connectivity index (χ3n) is 6.22. The predicted molar refractivity (Wildman–Crippen MR) is 127 cm³/mol. The summed E-state index contributed by atoms with van der Waals surface area (Å²) in [5.74, 6) is -1.83. The first-order chi connectivity index (χ1) is 16.5. The van der Waals surface area contributed by atoms with E-state index in [4.69, 9.17) is 9.47 Å². The van der Waals surface area contributed by atoms with E-state index >= 15 is 4.39 Å². The molecule has 0 bridgehead atoms. The molecular formula is C26H25FN2O6. The van der Waals surface area contributed by atoms with Gasteiger partial charge in [0, 0.05) is 19.3 Å². The summed E-state index contributed by atoms with van der Waals surface area (Å²) in [6, 6.07) is 8.05. The lowest BCUT2D eigenvalue weighted by Gasteiger charge is -2.29. The number of hydrogen-bond donors (Lipinski definition) is 1. The molecule has 1 saturated heterocycles. The minimum Gasteiger partial charge on any atom is -0.477 e. The summed E-state index contributed by atoms with van der Waals surface area (Å²) in [4.78, 5) is 38.8. The molecule has 1 unspecified atom stereocenters. The van der Waals surface area contributed by atoms with E-state index in [0.29, 0.717) is 36.5 Å². The number of ether oxygens (including phenoxy) is 2. The number of aromatic carboxylic acids is 1.